The molecule has 0 aromatic heterocycles. The van der Waals surface area contributed by atoms with Gasteiger partial charge < -0.3 is 51.2 Å². The summed E-state index contributed by atoms with van der Waals surface area (Å²) in [6, 6.07) is 0. The number of hydrogen-bond donors (Lipinski definition) is 0. The molecular formula is Ho2Se3. The van der Waals surface area contributed by atoms with Crippen LogP contribution in [0.25, 0.3) is 0 Å². The van der Waals surface area contributed by atoms with Gasteiger partial charge in [0.2, 0.25) is 0 Å². The van der Waals surface area contributed by atoms with Crippen LogP contribution in [0.15, 0.2) is 0 Å². The Morgan fingerprint density at radius 2 is 0.400 bits per heavy atom. The van der Waals surface area contributed by atoms with Crippen LogP contribution >= 0.6 is 0 Å². The first-order chi connectivity index (χ1) is 0. The van der Waals surface area contributed by atoms with Gasteiger partial charge in [-0.1, -0.05) is 0 Å². The van der Waals surface area contributed by atoms with E-state index >= 15 is 0 Å². The number of hydrogen-bond acceptors (Lipinski definition) is 0. The molecule has 0 bridgehead atoms. The Bertz CT molecular complexity index is 4.85. The van der Waals surface area contributed by atoms with E-state index in [2.05, 4.69) is 0 Å². The maximum atomic E-state index is 0. The van der Waals surface area contributed by atoms with E-state index in [1.165, 1.54) is 0 Å². The third-order valence-corrected chi connectivity index (χ3v) is 0. The minimum atomic E-state index is 0. The van der Waals surface area contributed by atoms with Gasteiger partial charge in [-0.15, -0.1) is 0 Å². The van der Waals surface area contributed by atoms with Gasteiger partial charge in [0.1, 0.15) is 0 Å². The Hall–Kier alpha value is 4.08. The van der Waals surface area contributed by atoms with Crippen molar-refractivity contribution < 1.29 is 75.5 Å². The molecule has 0 aromatic carbocycles. The second kappa shape index (κ2) is 24.3. The summed E-state index contributed by atoms with van der Waals surface area (Å²) in [6.45, 7) is 0. The molecule has 0 saturated carbocycles. The zero-order chi connectivity index (χ0) is 0. The van der Waals surface area contributed by atoms with Gasteiger partial charge in [0, 0.05) is 0 Å². The van der Waals surface area contributed by atoms with Gasteiger partial charge >= 0.3 is 75.5 Å². The SMILES string of the molecule is [Ho+3].[Ho+3].[Se-2].[Se-2].[Se-2]. The van der Waals surface area contributed by atoms with Crippen LogP contribution in [0.1, 0.15) is 0 Å². The van der Waals surface area contributed by atoms with Gasteiger partial charge in [0.15, 0.2) is 0 Å². The number of rotatable bonds is 0. The standard InChI is InChI=1S/2Ho.3Se/q2*+3;3*-2. The summed E-state index contributed by atoms with van der Waals surface area (Å²) >= 11 is 0. The summed E-state index contributed by atoms with van der Waals surface area (Å²) in [4.78, 5) is 0. The van der Waals surface area contributed by atoms with Crippen molar-refractivity contribution in [3.63, 3.8) is 0 Å². The van der Waals surface area contributed by atoms with E-state index in [1.54, 1.807) is 0 Å². The van der Waals surface area contributed by atoms with Crippen LogP contribution in [0.4, 0.5) is 0 Å². The first-order valence-corrected chi connectivity index (χ1v) is 0. The second-order valence-corrected chi connectivity index (χ2v) is 0. The van der Waals surface area contributed by atoms with E-state index in [0.29, 0.717) is 0 Å². The minimum Gasteiger partial charge on any atom is -2.00 e. The average Bonchev–Trinajstić information content (AvgIpc) is 0. The van der Waals surface area contributed by atoms with Crippen molar-refractivity contribution in [3.8, 4) is 0 Å². The Kier molecular flexibility index (Phi) is 173. The maximum Gasteiger partial charge on any atom is 3.00 e. The van der Waals surface area contributed by atoms with Gasteiger partial charge in [-0.2, -0.15) is 0 Å². The van der Waals surface area contributed by atoms with Crippen LogP contribution in [0.5, 0.6) is 0 Å². The molecule has 0 N–H and O–H groups in total. The molecule has 0 aromatic rings. The van der Waals surface area contributed by atoms with Gasteiger partial charge in [-0.05, 0) is 0 Å². The van der Waals surface area contributed by atoms with Crippen molar-refractivity contribution in [1.29, 1.82) is 0 Å². The van der Waals surface area contributed by atoms with Crippen molar-refractivity contribution in [2.45, 2.75) is 0 Å². The molecule has 5 heavy (non-hydrogen) atoms. The molecule has 0 atom stereocenters. The fourth-order valence-electron chi connectivity index (χ4n) is 0. The van der Waals surface area contributed by atoms with Gasteiger partial charge in [-0.25, -0.2) is 0 Å². The molecule has 0 rings (SSSR count). The Morgan fingerprint density at radius 3 is 0.400 bits per heavy atom. The van der Waals surface area contributed by atoms with Crippen LogP contribution in [0.3, 0.4) is 0 Å². The summed E-state index contributed by atoms with van der Waals surface area (Å²) in [5, 5.41) is 0. The van der Waals surface area contributed by atoms with Gasteiger partial charge in [0.05, 0.1) is 0 Å². The fraction of sp³-hybridized carbons (Fsp3) is 0. The van der Waals surface area contributed by atoms with Crippen molar-refractivity contribution >= 4 is 51.2 Å². The van der Waals surface area contributed by atoms with Crippen LogP contribution in [-0.2, 0) is 0 Å². The molecule has 0 fully saturated rings. The maximum absolute atomic E-state index is 0. The van der Waals surface area contributed by atoms with Gasteiger partial charge in [0.25, 0.3) is 0 Å². The Labute approximate surface area is 123 Å². The molecule has 0 heterocycles. The van der Waals surface area contributed by atoms with E-state index < -0.39 is 0 Å². The monoisotopic (exact) mass is 570 g/mol. The summed E-state index contributed by atoms with van der Waals surface area (Å²) in [5.41, 5.74) is 0. The third kappa shape index (κ3) is 17.9. The van der Waals surface area contributed by atoms with E-state index in [-0.39, 0.29) is 127 Å². The molecule has 0 aliphatic rings. The first-order valence-electron chi connectivity index (χ1n) is 0. The third-order valence-electron chi connectivity index (χ3n) is 0. The summed E-state index contributed by atoms with van der Waals surface area (Å²) in [6.07, 6.45) is 0. The predicted octanol–water partition coefficient (Wildman–Crippen LogP) is -1.14. The smallest absolute Gasteiger partial charge is 2.00 e. The van der Waals surface area contributed by atoms with Crippen LogP contribution < -0.4 is 0 Å². The molecule has 0 saturated heterocycles. The Balaban J connectivity index is 0. The van der Waals surface area contributed by atoms with Crippen LogP contribution in [0, 0.1) is 75.5 Å². The minimum absolute atomic E-state index is 0. The topological polar surface area (TPSA) is 0 Å². The zero-order valence-corrected chi connectivity index (χ0v) is 10.8. The predicted molar refractivity (Wildman–Crippen MR) is 17.3 cm³/mol. The van der Waals surface area contributed by atoms with Crippen LogP contribution in [0.2, 0.25) is 0 Å². The molecule has 0 radical (unpaired) electrons. The molecule has 0 aliphatic heterocycles. The van der Waals surface area contributed by atoms with Crippen LogP contribution in [-0.4, -0.2) is 51.2 Å². The molecule has 0 nitrogen and oxygen atoms in total. The van der Waals surface area contributed by atoms with Crippen molar-refractivity contribution in [2.75, 3.05) is 0 Å². The first kappa shape index (κ1) is 35.6. The molecule has 0 spiro atoms. The fourth-order valence-corrected chi connectivity index (χ4v) is 0. The van der Waals surface area contributed by atoms with E-state index in [0.717, 1.165) is 0 Å². The molecule has 40 valence electrons. The van der Waals surface area contributed by atoms with E-state index in [4.69, 9.17) is 0 Å². The zero-order valence-electron chi connectivity index (χ0n) is 1.83. The van der Waals surface area contributed by atoms with E-state index in [1.807, 2.05) is 0 Å². The average molecular weight is 567 g/mol. The molecule has 0 amide bonds. The largest absolute Gasteiger partial charge is 3.00 e. The second-order valence-electron chi connectivity index (χ2n) is 0. The van der Waals surface area contributed by atoms with Crippen molar-refractivity contribution in [1.82, 2.24) is 0 Å². The summed E-state index contributed by atoms with van der Waals surface area (Å²) < 4.78 is 0. The van der Waals surface area contributed by atoms with Crippen molar-refractivity contribution in [3.05, 3.63) is 0 Å². The normalized spacial score (nSPS) is 0. The Morgan fingerprint density at radius 1 is 0.400 bits per heavy atom. The summed E-state index contributed by atoms with van der Waals surface area (Å²) in [7, 11) is 0. The molecule has 0 unspecified atom stereocenters. The van der Waals surface area contributed by atoms with Crippen molar-refractivity contribution in [2.24, 2.45) is 0 Å². The van der Waals surface area contributed by atoms with Gasteiger partial charge in [-0.3, -0.25) is 0 Å². The summed E-state index contributed by atoms with van der Waals surface area (Å²) in [5.74, 6) is 0. The molecular weight excluding hydrogens is 567 g/mol. The molecule has 5 heteroatoms. The van der Waals surface area contributed by atoms with E-state index in [9.17, 15) is 0 Å². The quantitative estimate of drug-likeness (QED) is 0.326. The molecule has 0 aliphatic carbocycles.